The van der Waals surface area contributed by atoms with Crippen molar-refractivity contribution in [2.24, 2.45) is 5.92 Å². The third-order valence-corrected chi connectivity index (χ3v) is 7.89. The van der Waals surface area contributed by atoms with Gasteiger partial charge in [0.05, 0.1) is 10.5 Å². The molecule has 0 aromatic heterocycles. The molecule has 1 aliphatic carbocycles. The minimum Gasteiger partial charge on any atom is -0.478 e. The number of nitrogens with zero attached hydrogens (tertiary/aromatic N) is 1. The second-order valence-corrected chi connectivity index (χ2v) is 9.36. The van der Waals surface area contributed by atoms with Crippen LogP contribution in [0.1, 0.15) is 55.8 Å². The van der Waals surface area contributed by atoms with E-state index in [1.54, 1.807) is 0 Å². The van der Waals surface area contributed by atoms with E-state index in [9.17, 15) is 23.1 Å². The maximum atomic E-state index is 12.9. The summed E-state index contributed by atoms with van der Waals surface area (Å²) in [6.45, 7) is 2.51. The molecule has 1 aromatic carbocycles. The van der Waals surface area contributed by atoms with Crippen molar-refractivity contribution in [2.45, 2.75) is 55.9 Å². The Kier molecular flexibility index (Phi) is 5.58. The molecule has 27 heavy (non-hydrogen) atoms. The van der Waals surface area contributed by atoms with Gasteiger partial charge in [-0.1, -0.05) is 19.1 Å². The molecule has 1 heterocycles. The van der Waals surface area contributed by atoms with Gasteiger partial charge in [-0.3, -0.25) is 4.79 Å². The number of nitrogens with one attached hydrogen (secondary N) is 1. The minimum atomic E-state index is -3.90. The Hall–Kier alpha value is -1.93. The number of hydrogen-bond acceptors (Lipinski definition) is 4. The van der Waals surface area contributed by atoms with Crippen LogP contribution in [0, 0.1) is 5.92 Å². The van der Waals surface area contributed by atoms with Crippen LogP contribution in [0.3, 0.4) is 0 Å². The Morgan fingerprint density at radius 3 is 2.37 bits per heavy atom. The third-order valence-electron chi connectivity index (χ3n) is 5.94. The molecule has 1 aromatic rings. The molecular weight excluding hydrogens is 368 g/mol. The fraction of sp³-hybridized carbons (Fsp3) is 0.579. The number of benzene rings is 1. The van der Waals surface area contributed by atoms with E-state index in [4.69, 9.17) is 0 Å². The smallest absolute Gasteiger partial charge is 0.337 e. The Morgan fingerprint density at radius 1 is 1.22 bits per heavy atom. The van der Waals surface area contributed by atoms with Crippen molar-refractivity contribution in [3.63, 3.8) is 0 Å². The van der Waals surface area contributed by atoms with Gasteiger partial charge in [-0.15, -0.1) is 0 Å². The molecule has 2 N–H and O–H groups in total. The minimum absolute atomic E-state index is 0.0135. The Bertz CT molecular complexity index is 819. The van der Waals surface area contributed by atoms with Crippen LogP contribution in [0.15, 0.2) is 29.2 Å². The lowest BCUT2D eigenvalue weighted by Crippen LogP contribution is -2.55. The summed E-state index contributed by atoms with van der Waals surface area (Å²) in [4.78, 5) is 23.7. The molecule has 0 atom stereocenters. The molecule has 8 heteroatoms. The van der Waals surface area contributed by atoms with Gasteiger partial charge in [-0.2, -0.15) is 4.31 Å². The van der Waals surface area contributed by atoms with Crippen LogP contribution < -0.4 is 5.32 Å². The SMILES string of the molecule is CCC1(NC(=O)C2CCN(S(=O)(=O)c3ccccc3C(=O)O)CC2)CCC1. The van der Waals surface area contributed by atoms with Gasteiger partial charge in [0.25, 0.3) is 0 Å². The second kappa shape index (κ2) is 7.59. The summed E-state index contributed by atoms with van der Waals surface area (Å²) in [5, 5.41) is 12.4. The average molecular weight is 394 g/mol. The van der Waals surface area contributed by atoms with Crippen LogP contribution in [0.5, 0.6) is 0 Å². The van der Waals surface area contributed by atoms with Gasteiger partial charge < -0.3 is 10.4 Å². The zero-order chi connectivity index (χ0) is 19.7. The molecule has 1 amide bonds. The maximum absolute atomic E-state index is 12.9. The lowest BCUT2D eigenvalue weighted by Gasteiger charge is -2.43. The summed E-state index contributed by atoms with van der Waals surface area (Å²) in [6, 6.07) is 5.63. The highest BCUT2D eigenvalue weighted by atomic mass is 32.2. The fourth-order valence-corrected chi connectivity index (χ4v) is 5.55. The van der Waals surface area contributed by atoms with E-state index in [0.29, 0.717) is 12.8 Å². The first-order valence-corrected chi connectivity index (χ1v) is 10.9. The number of amides is 1. The number of sulfonamides is 1. The van der Waals surface area contributed by atoms with E-state index in [-0.39, 0.29) is 40.9 Å². The molecular formula is C19H26N2O5S. The molecule has 3 rings (SSSR count). The number of rotatable bonds is 6. The predicted molar refractivity (Wildman–Crippen MR) is 99.9 cm³/mol. The average Bonchev–Trinajstić information content (AvgIpc) is 2.64. The molecule has 7 nitrogen and oxygen atoms in total. The van der Waals surface area contributed by atoms with Crippen LogP contribution in [-0.4, -0.2) is 48.3 Å². The van der Waals surface area contributed by atoms with Crippen LogP contribution in [-0.2, 0) is 14.8 Å². The number of carbonyl (C=O) groups excluding carboxylic acids is 1. The zero-order valence-corrected chi connectivity index (χ0v) is 16.3. The second-order valence-electron chi connectivity index (χ2n) is 7.46. The van der Waals surface area contributed by atoms with Crippen LogP contribution in [0.2, 0.25) is 0 Å². The number of piperidine rings is 1. The van der Waals surface area contributed by atoms with Crippen molar-refractivity contribution < 1.29 is 23.1 Å². The first kappa shape index (κ1) is 19.8. The van der Waals surface area contributed by atoms with E-state index >= 15 is 0 Å². The van der Waals surface area contributed by atoms with Gasteiger partial charge in [0.2, 0.25) is 15.9 Å². The van der Waals surface area contributed by atoms with Crippen molar-refractivity contribution in [1.29, 1.82) is 0 Å². The van der Waals surface area contributed by atoms with E-state index in [1.807, 2.05) is 0 Å². The Balaban J connectivity index is 1.67. The number of carbonyl (C=O) groups is 2. The molecule has 0 radical (unpaired) electrons. The molecule has 148 valence electrons. The highest BCUT2D eigenvalue weighted by molar-refractivity contribution is 7.89. The predicted octanol–water partition coefficient (Wildman–Crippen LogP) is 2.23. The molecule has 1 saturated heterocycles. The highest BCUT2D eigenvalue weighted by Gasteiger charge is 2.39. The van der Waals surface area contributed by atoms with Gasteiger partial charge in [-0.25, -0.2) is 13.2 Å². The van der Waals surface area contributed by atoms with Crippen molar-refractivity contribution >= 4 is 21.9 Å². The van der Waals surface area contributed by atoms with Crippen molar-refractivity contribution in [2.75, 3.05) is 13.1 Å². The number of carboxylic acid groups (broad SMARTS) is 1. The first-order valence-electron chi connectivity index (χ1n) is 9.43. The Morgan fingerprint density at radius 2 is 1.85 bits per heavy atom. The maximum Gasteiger partial charge on any atom is 0.337 e. The largest absolute Gasteiger partial charge is 0.478 e. The van der Waals surface area contributed by atoms with Gasteiger partial charge in [0, 0.05) is 24.5 Å². The third kappa shape index (κ3) is 3.87. The first-order chi connectivity index (χ1) is 12.8. The quantitative estimate of drug-likeness (QED) is 0.770. The standard InChI is InChI=1S/C19H26N2O5S/c1-2-19(10-5-11-19)20-17(22)14-8-12-21(13-9-14)27(25,26)16-7-4-3-6-15(16)18(23)24/h3-4,6-7,14H,2,5,8-13H2,1H3,(H,20,22)(H,23,24). The summed E-state index contributed by atoms with van der Waals surface area (Å²) in [5.74, 6) is -1.46. The molecule has 2 aliphatic rings. The Labute approximate surface area is 159 Å². The number of carboxylic acids is 1. The van der Waals surface area contributed by atoms with E-state index < -0.39 is 16.0 Å². The lowest BCUT2D eigenvalue weighted by atomic mass is 9.74. The summed E-state index contributed by atoms with van der Waals surface area (Å²) in [5.41, 5.74) is -0.298. The van der Waals surface area contributed by atoms with Gasteiger partial charge in [0.1, 0.15) is 0 Å². The zero-order valence-electron chi connectivity index (χ0n) is 15.5. The lowest BCUT2D eigenvalue weighted by molar-refractivity contribution is -0.129. The van der Waals surface area contributed by atoms with Gasteiger partial charge in [-0.05, 0) is 50.7 Å². The van der Waals surface area contributed by atoms with Gasteiger partial charge >= 0.3 is 5.97 Å². The van der Waals surface area contributed by atoms with Crippen LogP contribution >= 0.6 is 0 Å². The van der Waals surface area contributed by atoms with E-state index in [1.165, 1.54) is 28.6 Å². The summed E-state index contributed by atoms with van der Waals surface area (Å²) < 4.78 is 27.1. The molecule has 0 spiro atoms. The number of aromatic carboxylic acids is 1. The topological polar surface area (TPSA) is 104 Å². The normalized spacial score (nSPS) is 20.6. The number of hydrogen-bond donors (Lipinski definition) is 2. The molecule has 2 fully saturated rings. The van der Waals surface area contributed by atoms with Crippen molar-refractivity contribution in [3.8, 4) is 0 Å². The summed E-state index contributed by atoms with van der Waals surface area (Å²) in [6.07, 6.45) is 4.95. The van der Waals surface area contributed by atoms with Gasteiger partial charge in [0.15, 0.2) is 0 Å². The summed E-state index contributed by atoms with van der Waals surface area (Å²) >= 11 is 0. The highest BCUT2D eigenvalue weighted by Crippen LogP contribution is 2.35. The molecule has 0 unspecified atom stereocenters. The van der Waals surface area contributed by atoms with E-state index in [0.717, 1.165) is 25.7 Å². The summed E-state index contributed by atoms with van der Waals surface area (Å²) in [7, 11) is -3.90. The molecule has 1 saturated carbocycles. The van der Waals surface area contributed by atoms with Crippen molar-refractivity contribution in [3.05, 3.63) is 29.8 Å². The molecule has 1 aliphatic heterocycles. The van der Waals surface area contributed by atoms with Crippen LogP contribution in [0.4, 0.5) is 0 Å². The monoisotopic (exact) mass is 394 g/mol. The van der Waals surface area contributed by atoms with Crippen LogP contribution in [0.25, 0.3) is 0 Å². The molecule has 0 bridgehead atoms. The van der Waals surface area contributed by atoms with Crippen molar-refractivity contribution in [1.82, 2.24) is 9.62 Å². The fourth-order valence-electron chi connectivity index (χ4n) is 3.90. The van der Waals surface area contributed by atoms with E-state index in [2.05, 4.69) is 12.2 Å².